The maximum atomic E-state index is 13.3. The lowest BCUT2D eigenvalue weighted by Crippen LogP contribution is -2.42. The summed E-state index contributed by atoms with van der Waals surface area (Å²) in [6.07, 6.45) is 1.78. The molecule has 0 saturated heterocycles. The minimum atomic E-state index is -1.03. The number of aliphatic carboxylic acids is 1. The van der Waals surface area contributed by atoms with Crippen molar-refractivity contribution in [3.8, 4) is 11.1 Å². The predicted octanol–water partition coefficient (Wildman–Crippen LogP) is 5.42. The molecule has 0 spiro atoms. The highest BCUT2D eigenvalue weighted by Gasteiger charge is 2.28. The lowest BCUT2D eigenvalue weighted by molar-refractivity contribution is -0.141. The van der Waals surface area contributed by atoms with Crippen LogP contribution in [0.25, 0.3) is 11.1 Å². The smallest absolute Gasteiger partial charge is 0.304 e. The minimum absolute atomic E-state index is 0.267. The largest absolute Gasteiger partial charge is 0.481 e. The Morgan fingerprint density at radius 2 is 1.56 bits per heavy atom. The number of rotatable bonds is 12. The van der Waals surface area contributed by atoms with Crippen LogP contribution in [0.5, 0.6) is 0 Å². The zero-order valence-electron chi connectivity index (χ0n) is 20.9. The highest BCUT2D eigenvalue weighted by atomic mass is 16.4. The zero-order valence-corrected chi connectivity index (χ0v) is 20.9. The summed E-state index contributed by atoms with van der Waals surface area (Å²) in [6, 6.07) is 24.3. The van der Waals surface area contributed by atoms with E-state index in [1.165, 1.54) is 0 Å². The number of aryl methyl sites for hydroxylation is 1. The van der Waals surface area contributed by atoms with Crippen LogP contribution in [0.3, 0.4) is 0 Å². The Kier molecular flexibility index (Phi) is 9.81. The van der Waals surface area contributed by atoms with Crippen LogP contribution >= 0.6 is 0 Å². The first kappa shape index (κ1) is 26.7. The van der Waals surface area contributed by atoms with Gasteiger partial charge in [-0.25, -0.2) is 0 Å². The lowest BCUT2D eigenvalue weighted by atomic mass is 9.95. The van der Waals surface area contributed by atoms with Gasteiger partial charge in [-0.2, -0.15) is 0 Å². The first-order valence-corrected chi connectivity index (χ1v) is 12.4. The summed E-state index contributed by atoms with van der Waals surface area (Å²) in [4.78, 5) is 37.8. The van der Waals surface area contributed by atoms with Crippen LogP contribution in [0, 0.1) is 12.8 Å². The van der Waals surface area contributed by atoms with E-state index in [1.54, 1.807) is 0 Å². The second-order valence-electron chi connectivity index (χ2n) is 9.07. The Morgan fingerprint density at radius 1 is 0.861 bits per heavy atom. The SMILES string of the molecule is CCCC[C@H](CC(=O)O)C(=O)NC(C(=O)NCc1cccc(C)c1)c1ccc(-c2ccccc2)cc1. The van der Waals surface area contributed by atoms with Crippen LogP contribution in [0.1, 0.15) is 55.3 Å². The molecule has 1 unspecified atom stereocenters. The molecule has 36 heavy (non-hydrogen) atoms. The van der Waals surface area contributed by atoms with Crippen LogP contribution in [-0.2, 0) is 20.9 Å². The van der Waals surface area contributed by atoms with E-state index in [2.05, 4.69) is 10.6 Å². The van der Waals surface area contributed by atoms with Gasteiger partial charge in [-0.3, -0.25) is 14.4 Å². The number of carbonyl (C=O) groups excluding carboxylic acids is 2. The Bertz CT molecular complexity index is 1160. The summed E-state index contributed by atoms with van der Waals surface area (Å²) in [5, 5.41) is 15.1. The van der Waals surface area contributed by atoms with Gasteiger partial charge in [0.2, 0.25) is 11.8 Å². The Balaban J connectivity index is 1.83. The van der Waals surface area contributed by atoms with Gasteiger partial charge >= 0.3 is 5.97 Å². The molecule has 6 nitrogen and oxygen atoms in total. The molecule has 0 aliphatic carbocycles. The molecule has 3 aromatic rings. The molecule has 0 bridgehead atoms. The van der Waals surface area contributed by atoms with Gasteiger partial charge in [0, 0.05) is 12.5 Å². The number of nitrogens with one attached hydrogen (secondary N) is 2. The number of amides is 2. The van der Waals surface area contributed by atoms with E-state index in [1.807, 2.05) is 92.7 Å². The number of hydrogen-bond acceptors (Lipinski definition) is 3. The molecule has 6 heteroatoms. The van der Waals surface area contributed by atoms with E-state index in [9.17, 15) is 19.5 Å². The van der Waals surface area contributed by atoms with Crippen molar-refractivity contribution in [3.63, 3.8) is 0 Å². The van der Waals surface area contributed by atoms with Crippen molar-refractivity contribution in [2.45, 2.75) is 52.1 Å². The molecule has 3 aromatic carbocycles. The van der Waals surface area contributed by atoms with Gasteiger partial charge in [0.25, 0.3) is 0 Å². The van der Waals surface area contributed by atoms with E-state index in [-0.39, 0.29) is 12.3 Å². The molecule has 0 aliphatic heterocycles. The summed E-state index contributed by atoms with van der Waals surface area (Å²) in [6.45, 7) is 4.30. The minimum Gasteiger partial charge on any atom is -0.481 e. The second kappa shape index (κ2) is 13.2. The maximum Gasteiger partial charge on any atom is 0.304 e. The topological polar surface area (TPSA) is 95.5 Å². The third-order valence-electron chi connectivity index (χ3n) is 6.15. The second-order valence-corrected chi connectivity index (χ2v) is 9.07. The molecule has 0 fully saturated rings. The van der Waals surface area contributed by atoms with E-state index >= 15 is 0 Å². The monoisotopic (exact) mass is 486 g/mol. The molecular weight excluding hydrogens is 452 g/mol. The van der Waals surface area contributed by atoms with E-state index < -0.39 is 23.8 Å². The van der Waals surface area contributed by atoms with Gasteiger partial charge in [0.1, 0.15) is 6.04 Å². The summed E-state index contributed by atoms with van der Waals surface area (Å²) < 4.78 is 0. The summed E-state index contributed by atoms with van der Waals surface area (Å²) in [5.74, 6) is -2.49. The zero-order chi connectivity index (χ0) is 25.9. The average molecular weight is 487 g/mol. The van der Waals surface area contributed by atoms with Crippen LogP contribution in [0.15, 0.2) is 78.9 Å². The van der Waals surface area contributed by atoms with Gasteiger partial charge < -0.3 is 15.7 Å². The van der Waals surface area contributed by atoms with Crippen LogP contribution in [0.4, 0.5) is 0 Å². The Labute approximate surface area is 212 Å². The fraction of sp³-hybridized carbons (Fsp3) is 0.300. The first-order valence-electron chi connectivity index (χ1n) is 12.4. The quantitative estimate of drug-likeness (QED) is 0.319. The van der Waals surface area contributed by atoms with Crippen molar-refractivity contribution >= 4 is 17.8 Å². The highest BCUT2D eigenvalue weighted by molar-refractivity contribution is 5.90. The number of unbranched alkanes of at least 4 members (excludes halogenated alkanes) is 1. The molecular formula is C30H34N2O4. The highest BCUT2D eigenvalue weighted by Crippen LogP contribution is 2.23. The molecule has 3 N–H and O–H groups in total. The van der Waals surface area contributed by atoms with Crippen LogP contribution in [-0.4, -0.2) is 22.9 Å². The molecule has 0 heterocycles. The molecule has 2 amide bonds. The molecule has 2 atom stereocenters. The fourth-order valence-corrected chi connectivity index (χ4v) is 4.16. The standard InChI is InChI=1S/C30H34N2O4/c1-3-4-11-26(19-27(33)34)29(35)32-28(30(36)31-20-22-10-8-9-21(2)18-22)25-16-14-24(15-17-25)23-12-6-5-7-13-23/h5-10,12-18,26,28H,3-4,11,19-20H2,1-2H3,(H,31,36)(H,32,35)(H,33,34)/t26-,28?/m1/s1. The molecule has 0 aliphatic rings. The van der Waals surface area contributed by atoms with E-state index in [0.717, 1.165) is 35.1 Å². The summed E-state index contributed by atoms with van der Waals surface area (Å²) in [7, 11) is 0. The summed E-state index contributed by atoms with van der Waals surface area (Å²) >= 11 is 0. The Morgan fingerprint density at radius 3 is 2.19 bits per heavy atom. The number of benzene rings is 3. The normalized spacial score (nSPS) is 12.4. The van der Waals surface area contributed by atoms with E-state index in [4.69, 9.17) is 0 Å². The average Bonchev–Trinajstić information content (AvgIpc) is 2.88. The van der Waals surface area contributed by atoms with Gasteiger partial charge in [-0.1, -0.05) is 104 Å². The molecule has 0 aromatic heterocycles. The van der Waals surface area contributed by atoms with Gasteiger partial charge in [-0.15, -0.1) is 0 Å². The number of hydrogen-bond donors (Lipinski definition) is 3. The maximum absolute atomic E-state index is 13.3. The molecule has 188 valence electrons. The van der Waals surface area contributed by atoms with Crippen molar-refractivity contribution in [1.29, 1.82) is 0 Å². The number of carboxylic acid groups (broad SMARTS) is 1. The third kappa shape index (κ3) is 7.80. The van der Waals surface area contributed by atoms with Gasteiger partial charge in [0.15, 0.2) is 0 Å². The first-order chi connectivity index (χ1) is 17.4. The van der Waals surface area contributed by atoms with Crippen LogP contribution in [0.2, 0.25) is 0 Å². The predicted molar refractivity (Wildman–Crippen MR) is 141 cm³/mol. The van der Waals surface area contributed by atoms with E-state index in [0.29, 0.717) is 18.5 Å². The molecule has 0 saturated carbocycles. The van der Waals surface area contributed by atoms with Gasteiger partial charge in [-0.05, 0) is 35.6 Å². The van der Waals surface area contributed by atoms with Crippen molar-refractivity contribution in [3.05, 3.63) is 95.6 Å². The van der Waals surface area contributed by atoms with Gasteiger partial charge in [0.05, 0.1) is 6.42 Å². The fourth-order valence-electron chi connectivity index (χ4n) is 4.16. The van der Waals surface area contributed by atoms with Crippen molar-refractivity contribution in [1.82, 2.24) is 10.6 Å². The number of carboxylic acids is 1. The molecule has 0 radical (unpaired) electrons. The van der Waals surface area contributed by atoms with Crippen LogP contribution < -0.4 is 10.6 Å². The summed E-state index contributed by atoms with van der Waals surface area (Å²) in [5.41, 5.74) is 4.73. The third-order valence-corrected chi connectivity index (χ3v) is 6.15. The molecule has 3 rings (SSSR count). The van der Waals surface area contributed by atoms with Crippen molar-refractivity contribution < 1.29 is 19.5 Å². The lowest BCUT2D eigenvalue weighted by Gasteiger charge is -2.22. The van der Waals surface area contributed by atoms with Crippen molar-refractivity contribution in [2.24, 2.45) is 5.92 Å². The Hall–Kier alpha value is -3.93. The van der Waals surface area contributed by atoms with Crippen molar-refractivity contribution in [2.75, 3.05) is 0 Å². The number of carbonyl (C=O) groups is 3.